The van der Waals surface area contributed by atoms with Crippen LogP contribution in [0.2, 0.25) is 0 Å². The second kappa shape index (κ2) is 6.22. The van der Waals surface area contributed by atoms with Crippen molar-refractivity contribution in [3.05, 3.63) is 34.9 Å². The lowest BCUT2D eigenvalue weighted by Gasteiger charge is -2.20. The van der Waals surface area contributed by atoms with Crippen LogP contribution in [0, 0.1) is 13.8 Å². The van der Waals surface area contributed by atoms with E-state index in [0.717, 1.165) is 25.2 Å². The van der Waals surface area contributed by atoms with E-state index in [9.17, 15) is 0 Å². The van der Waals surface area contributed by atoms with Gasteiger partial charge in [-0.05, 0) is 32.9 Å². The van der Waals surface area contributed by atoms with Gasteiger partial charge in [-0.25, -0.2) is 0 Å². The Morgan fingerprint density at radius 3 is 2.60 bits per heavy atom. The highest BCUT2D eigenvalue weighted by Crippen LogP contribution is 2.27. The van der Waals surface area contributed by atoms with Gasteiger partial charge in [-0.2, -0.15) is 10.2 Å². The minimum atomic E-state index is 0.155. The van der Waals surface area contributed by atoms with Gasteiger partial charge in [0.1, 0.15) is 0 Å². The van der Waals surface area contributed by atoms with Gasteiger partial charge in [-0.3, -0.25) is 9.36 Å². The molecule has 2 aromatic heterocycles. The van der Waals surface area contributed by atoms with Crippen molar-refractivity contribution in [2.45, 2.75) is 46.7 Å². The molecule has 5 nitrogen and oxygen atoms in total. The summed E-state index contributed by atoms with van der Waals surface area (Å²) in [4.78, 5) is 0. The molecule has 0 bridgehead atoms. The van der Waals surface area contributed by atoms with Crippen molar-refractivity contribution in [1.29, 1.82) is 0 Å². The maximum absolute atomic E-state index is 4.55. The highest BCUT2D eigenvalue weighted by atomic mass is 15.3. The van der Waals surface area contributed by atoms with Crippen LogP contribution in [-0.2, 0) is 13.6 Å². The first kappa shape index (κ1) is 14.8. The molecule has 2 aromatic rings. The molecule has 5 heteroatoms. The van der Waals surface area contributed by atoms with E-state index in [0.29, 0.717) is 0 Å². The first-order valence-corrected chi connectivity index (χ1v) is 7.35. The van der Waals surface area contributed by atoms with E-state index in [4.69, 9.17) is 0 Å². The predicted molar refractivity (Wildman–Crippen MR) is 80.7 cm³/mol. The second-order valence-corrected chi connectivity index (χ2v) is 5.18. The van der Waals surface area contributed by atoms with Gasteiger partial charge in [0.05, 0.1) is 17.4 Å². The van der Waals surface area contributed by atoms with E-state index in [2.05, 4.69) is 54.0 Å². The van der Waals surface area contributed by atoms with Gasteiger partial charge >= 0.3 is 0 Å². The summed E-state index contributed by atoms with van der Waals surface area (Å²) in [5.74, 6) is 0. The molecule has 0 saturated carbocycles. The molecule has 0 aliphatic heterocycles. The topological polar surface area (TPSA) is 47.7 Å². The average molecular weight is 275 g/mol. The monoisotopic (exact) mass is 275 g/mol. The number of nitrogens with zero attached hydrogens (tertiary/aromatic N) is 4. The van der Waals surface area contributed by atoms with Crippen LogP contribution < -0.4 is 5.32 Å². The van der Waals surface area contributed by atoms with Gasteiger partial charge in [0.2, 0.25) is 0 Å². The SMILES string of the molecule is CCCn1nccc1C(NCC)c1c(C)nn(C)c1C. The molecule has 2 heterocycles. The molecule has 0 aromatic carbocycles. The molecule has 110 valence electrons. The largest absolute Gasteiger partial charge is 0.305 e. The number of aromatic nitrogens is 4. The highest BCUT2D eigenvalue weighted by Gasteiger charge is 2.23. The lowest BCUT2D eigenvalue weighted by molar-refractivity contribution is 0.518. The van der Waals surface area contributed by atoms with Crippen LogP contribution in [0.5, 0.6) is 0 Å². The number of hydrogen-bond acceptors (Lipinski definition) is 3. The summed E-state index contributed by atoms with van der Waals surface area (Å²) in [5, 5.41) is 12.6. The van der Waals surface area contributed by atoms with Crippen LogP contribution in [0.25, 0.3) is 0 Å². The van der Waals surface area contributed by atoms with Crippen LogP contribution >= 0.6 is 0 Å². The van der Waals surface area contributed by atoms with Gasteiger partial charge in [-0.1, -0.05) is 13.8 Å². The van der Waals surface area contributed by atoms with E-state index in [1.165, 1.54) is 17.0 Å². The molecule has 20 heavy (non-hydrogen) atoms. The van der Waals surface area contributed by atoms with Crippen molar-refractivity contribution in [3.8, 4) is 0 Å². The van der Waals surface area contributed by atoms with Crippen molar-refractivity contribution in [2.24, 2.45) is 7.05 Å². The Kier molecular flexibility index (Phi) is 4.60. The van der Waals surface area contributed by atoms with Gasteiger partial charge < -0.3 is 5.32 Å². The fourth-order valence-corrected chi connectivity index (χ4v) is 2.75. The lowest BCUT2D eigenvalue weighted by atomic mass is 10.0. The summed E-state index contributed by atoms with van der Waals surface area (Å²) in [7, 11) is 2.00. The molecule has 0 spiro atoms. The summed E-state index contributed by atoms with van der Waals surface area (Å²) in [6, 6.07) is 2.26. The minimum absolute atomic E-state index is 0.155. The van der Waals surface area contributed by atoms with Crippen molar-refractivity contribution in [1.82, 2.24) is 24.9 Å². The van der Waals surface area contributed by atoms with E-state index >= 15 is 0 Å². The Labute approximate surface area is 121 Å². The quantitative estimate of drug-likeness (QED) is 0.880. The predicted octanol–water partition coefficient (Wildman–Crippen LogP) is 2.34. The molecule has 0 amide bonds. The van der Waals surface area contributed by atoms with E-state index in [1.807, 2.05) is 17.9 Å². The highest BCUT2D eigenvalue weighted by molar-refractivity contribution is 5.34. The first-order valence-electron chi connectivity index (χ1n) is 7.35. The zero-order valence-electron chi connectivity index (χ0n) is 13.1. The Morgan fingerprint density at radius 2 is 2.05 bits per heavy atom. The zero-order chi connectivity index (χ0) is 14.7. The fraction of sp³-hybridized carbons (Fsp3) is 0.600. The summed E-state index contributed by atoms with van der Waals surface area (Å²) >= 11 is 0. The van der Waals surface area contributed by atoms with Crippen molar-refractivity contribution in [3.63, 3.8) is 0 Å². The van der Waals surface area contributed by atoms with E-state index in [1.54, 1.807) is 0 Å². The summed E-state index contributed by atoms with van der Waals surface area (Å²) in [5.41, 5.74) is 4.78. The molecule has 2 rings (SSSR count). The first-order chi connectivity index (χ1) is 9.60. The maximum atomic E-state index is 4.55. The summed E-state index contributed by atoms with van der Waals surface area (Å²) in [6.07, 6.45) is 2.97. The molecule has 0 aliphatic rings. The molecular weight excluding hydrogens is 250 g/mol. The molecule has 0 saturated heterocycles. The average Bonchev–Trinajstić information content (AvgIpc) is 2.95. The molecule has 0 radical (unpaired) electrons. The molecular formula is C15H25N5. The van der Waals surface area contributed by atoms with Crippen LogP contribution in [0.4, 0.5) is 0 Å². The number of nitrogens with one attached hydrogen (secondary N) is 1. The zero-order valence-corrected chi connectivity index (χ0v) is 13.1. The molecule has 1 N–H and O–H groups in total. The Hall–Kier alpha value is -1.62. The molecule has 0 aliphatic carbocycles. The number of aryl methyl sites for hydroxylation is 3. The third-order valence-corrected chi connectivity index (χ3v) is 3.74. The minimum Gasteiger partial charge on any atom is -0.305 e. The number of rotatable bonds is 6. The van der Waals surface area contributed by atoms with Gasteiger partial charge in [0.25, 0.3) is 0 Å². The Balaban J connectivity index is 2.48. The van der Waals surface area contributed by atoms with E-state index < -0.39 is 0 Å². The van der Waals surface area contributed by atoms with Crippen molar-refractivity contribution < 1.29 is 0 Å². The van der Waals surface area contributed by atoms with Crippen LogP contribution in [-0.4, -0.2) is 26.1 Å². The Bertz CT molecular complexity index is 567. The summed E-state index contributed by atoms with van der Waals surface area (Å²) in [6.45, 7) is 10.4. The summed E-state index contributed by atoms with van der Waals surface area (Å²) < 4.78 is 4.05. The van der Waals surface area contributed by atoms with Crippen molar-refractivity contribution in [2.75, 3.05) is 6.54 Å². The van der Waals surface area contributed by atoms with Crippen LogP contribution in [0.3, 0.4) is 0 Å². The smallest absolute Gasteiger partial charge is 0.0784 e. The van der Waals surface area contributed by atoms with Gasteiger partial charge in [-0.15, -0.1) is 0 Å². The second-order valence-electron chi connectivity index (χ2n) is 5.18. The maximum Gasteiger partial charge on any atom is 0.0784 e. The molecule has 1 unspecified atom stereocenters. The molecule has 1 atom stereocenters. The van der Waals surface area contributed by atoms with Crippen molar-refractivity contribution >= 4 is 0 Å². The Morgan fingerprint density at radius 1 is 1.30 bits per heavy atom. The molecule has 0 fully saturated rings. The fourth-order valence-electron chi connectivity index (χ4n) is 2.75. The van der Waals surface area contributed by atoms with E-state index in [-0.39, 0.29) is 6.04 Å². The van der Waals surface area contributed by atoms with Crippen LogP contribution in [0.15, 0.2) is 12.3 Å². The normalized spacial score (nSPS) is 12.8. The van der Waals surface area contributed by atoms with Gasteiger partial charge in [0.15, 0.2) is 0 Å². The van der Waals surface area contributed by atoms with Crippen LogP contribution in [0.1, 0.15) is 49.0 Å². The standard InChI is InChI=1S/C15H25N5/c1-6-10-20-13(8-9-17-20)15(16-7-2)14-11(3)18-19(5)12(14)4/h8-9,15-16H,6-7,10H2,1-5H3. The number of hydrogen-bond donors (Lipinski definition) is 1. The van der Waals surface area contributed by atoms with Gasteiger partial charge in [0, 0.05) is 31.0 Å². The lowest BCUT2D eigenvalue weighted by Crippen LogP contribution is -2.26. The third kappa shape index (κ3) is 2.63. The third-order valence-electron chi connectivity index (χ3n) is 3.74.